The molecule has 0 aliphatic carbocycles. The fourth-order valence-corrected chi connectivity index (χ4v) is 5.70. The molecule has 3 atom stereocenters. The molecule has 3 unspecified atom stereocenters. The number of nitrogens with zero attached hydrogens (tertiary/aromatic N) is 6. The minimum Gasteiger partial charge on any atom is -0.494 e. The smallest absolute Gasteiger partial charge is 0.250 e. The molecule has 2 aliphatic heterocycles. The summed E-state index contributed by atoms with van der Waals surface area (Å²) in [5.41, 5.74) is 1.89. The summed E-state index contributed by atoms with van der Waals surface area (Å²) in [5, 5.41) is 12.3. The summed E-state index contributed by atoms with van der Waals surface area (Å²) in [6, 6.07) is 13.0. The first-order valence-electron chi connectivity index (χ1n) is 11.2. The van der Waals surface area contributed by atoms with Gasteiger partial charge in [-0.2, -0.15) is 4.68 Å². The molecular weight excluding hydrogens is 440 g/mol. The van der Waals surface area contributed by atoms with Gasteiger partial charge in [0, 0.05) is 37.3 Å². The van der Waals surface area contributed by atoms with Gasteiger partial charge in [0.25, 0.3) is 5.56 Å². The van der Waals surface area contributed by atoms with Crippen molar-refractivity contribution in [1.29, 1.82) is 0 Å². The number of rotatable bonds is 6. The monoisotopic (exact) mass is 466 g/mol. The van der Waals surface area contributed by atoms with Gasteiger partial charge in [0.2, 0.25) is 11.1 Å². The zero-order valence-corrected chi connectivity index (χ0v) is 19.4. The molecule has 0 radical (unpaired) electrons. The second-order valence-corrected chi connectivity index (χ2v) is 9.81. The van der Waals surface area contributed by atoms with Crippen molar-refractivity contribution in [3.63, 3.8) is 0 Å². The molecule has 172 valence electrons. The highest BCUT2D eigenvalue weighted by atomic mass is 32.2. The SMILES string of the molecule is CCOc1ccc(-n2nnnc2SC(C)C(=O)N2CC3CC(C2)c2cccc(=O)n2C3)cc1. The molecule has 0 N–H and O–H groups in total. The van der Waals surface area contributed by atoms with Crippen LogP contribution in [-0.4, -0.2) is 60.5 Å². The third-order valence-electron chi connectivity index (χ3n) is 6.25. The quantitative estimate of drug-likeness (QED) is 0.515. The lowest BCUT2D eigenvalue weighted by Crippen LogP contribution is -2.50. The minimum absolute atomic E-state index is 0.0482. The van der Waals surface area contributed by atoms with E-state index < -0.39 is 0 Å². The van der Waals surface area contributed by atoms with E-state index in [1.165, 1.54) is 11.8 Å². The van der Waals surface area contributed by atoms with Gasteiger partial charge in [0.1, 0.15) is 5.75 Å². The standard InChI is InChI=1S/C23H26N6O3S/c1-3-32-19-9-7-18(8-10-19)29-23(24-25-26-29)33-15(2)22(31)27-12-16-11-17(14-27)20-5-4-6-21(30)28(20)13-16/h4-10,15-17H,3,11-14H2,1-2H3. The van der Waals surface area contributed by atoms with Crippen LogP contribution in [0.1, 0.15) is 31.9 Å². The Morgan fingerprint density at radius 1 is 1.18 bits per heavy atom. The Morgan fingerprint density at radius 2 is 2.00 bits per heavy atom. The number of thioether (sulfide) groups is 1. The van der Waals surface area contributed by atoms with E-state index in [0.29, 0.717) is 37.3 Å². The molecule has 0 spiro atoms. The maximum Gasteiger partial charge on any atom is 0.250 e. The zero-order chi connectivity index (χ0) is 22.9. The molecule has 10 heteroatoms. The molecule has 4 heterocycles. The van der Waals surface area contributed by atoms with Crippen LogP contribution in [0.15, 0.2) is 52.4 Å². The number of piperidine rings is 1. The van der Waals surface area contributed by atoms with Gasteiger partial charge in [0.15, 0.2) is 0 Å². The van der Waals surface area contributed by atoms with Gasteiger partial charge in [-0.05, 0) is 66.9 Å². The van der Waals surface area contributed by atoms with Crippen molar-refractivity contribution >= 4 is 17.7 Å². The Hall–Kier alpha value is -3.14. The molecule has 2 bridgehead atoms. The van der Waals surface area contributed by atoms with Crippen LogP contribution in [0.4, 0.5) is 0 Å². The van der Waals surface area contributed by atoms with Crippen LogP contribution in [-0.2, 0) is 11.3 Å². The number of fused-ring (bicyclic) bond motifs is 4. The van der Waals surface area contributed by atoms with Crippen LogP contribution in [0.3, 0.4) is 0 Å². The van der Waals surface area contributed by atoms with Gasteiger partial charge in [-0.15, -0.1) is 5.10 Å². The lowest BCUT2D eigenvalue weighted by Gasteiger charge is -2.43. The fraction of sp³-hybridized carbons (Fsp3) is 0.435. The maximum atomic E-state index is 13.3. The number of aromatic nitrogens is 5. The van der Waals surface area contributed by atoms with E-state index in [2.05, 4.69) is 15.5 Å². The number of carbonyl (C=O) groups is 1. The zero-order valence-electron chi connectivity index (χ0n) is 18.6. The lowest BCUT2D eigenvalue weighted by atomic mass is 9.83. The molecule has 3 aromatic rings. The number of pyridine rings is 1. The molecule has 33 heavy (non-hydrogen) atoms. The Kier molecular flexibility index (Phi) is 5.92. The normalized spacial score (nSPS) is 20.2. The number of amides is 1. The van der Waals surface area contributed by atoms with Crippen LogP contribution >= 0.6 is 11.8 Å². The molecule has 1 aromatic carbocycles. The summed E-state index contributed by atoms with van der Waals surface area (Å²) in [5.74, 6) is 1.35. The number of likely N-dealkylation sites (tertiary alicyclic amines) is 1. The molecule has 1 amide bonds. The second kappa shape index (κ2) is 9.01. The van der Waals surface area contributed by atoms with Crippen LogP contribution < -0.4 is 10.3 Å². The number of tetrazole rings is 1. The van der Waals surface area contributed by atoms with Crippen LogP contribution in [0, 0.1) is 5.92 Å². The van der Waals surface area contributed by atoms with Gasteiger partial charge >= 0.3 is 0 Å². The van der Waals surface area contributed by atoms with Crippen molar-refractivity contribution in [3.05, 3.63) is 58.5 Å². The molecule has 5 rings (SSSR count). The molecule has 2 aromatic heterocycles. The van der Waals surface area contributed by atoms with Crippen molar-refractivity contribution in [2.45, 2.75) is 43.1 Å². The van der Waals surface area contributed by atoms with Gasteiger partial charge in [0.05, 0.1) is 17.5 Å². The first-order valence-corrected chi connectivity index (χ1v) is 12.1. The van der Waals surface area contributed by atoms with Crippen molar-refractivity contribution in [3.8, 4) is 11.4 Å². The van der Waals surface area contributed by atoms with E-state index in [-0.39, 0.29) is 22.6 Å². The molecular formula is C23H26N6O3S. The summed E-state index contributed by atoms with van der Waals surface area (Å²) in [6.45, 7) is 6.42. The minimum atomic E-state index is -0.339. The number of hydrogen-bond donors (Lipinski definition) is 0. The summed E-state index contributed by atoms with van der Waals surface area (Å²) < 4.78 is 9.01. The summed E-state index contributed by atoms with van der Waals surface area (Å²) in [7, 11) is 0. The Balaban J connectivity index is 1.29. The van der Waals surface area contributed by atoms with Crippen molar-refractivity contribution < 1.29 is 9.53 Å². The highest BCUT2D eigenvalue weighted by Gasteiger charge is 2.37. The molecule has 2 aliphatic rings. The molecule has 9 nitrogen and oxygen atoms in total. The average Bonchev–Trinajstić information content (AvgIpc) is 3.28. The highest BCUT2D eigenvalue weighted by Crippen LogP contribution is 2.36. The van der Waals surface area contributed by atoms with Crippen LogP contribution in [0.2, 0.25) is 0 Å². The number of hydrogen-bond acceptors (Lipinski definition) is 7. The Morgan fingerprint density at radius 3 is 2.79 bits per heavy atom. The van der Waals surface area contributed by atoms with Gasteiger partial charge < -0.3 is 14.2 Å². The fourth-order valence-electron chi connectivity index (χ4n) is 4.81. The average molecular weight is 467 g/mol. The number of ether oxygens (including phenoxy) is 1. The number of carbonyl (C=O) groups excluding carboxylic acids is 1. The van der Waals surface area contributed by atoms with E-state index in [0.717, 1.165) is 23.6 Å². The van der Waals surface area contributed by atoms with E-state index in [1.54, 1.807) is 10.7 Å². The lowest BCUT2D eigenvalue weighted by molar-refractivity contribution is -0.133. The predicted octanol–water partition coefficient (Wildman–Crippen LogP) is 2.35. The van der Waals surface area contributed by atoms with Gasteiger partial charge in [-0.1, -0.05) is 17.8 Å². The third kappa shape index (κ3) is 4.27. The highest BCUT2D eigenvalue weighted by molar-refractivity contribution is 8.00. The van der Waals surface area contributed by atoms with Crippen LogP contribution in [0.25, 0.3) is 5.69 Å². The van der Waals surface area contributed by atoms with E-state index >= 15 is 0 Å². The first kappa shape index (κ1) is 21.7. The molecule has 1 saturated heterocycles. The predicted molar refractivity (Wildman–Crippen MR) is 124 cm³/mol. The van der Waals surface area contributed by atoms with Crippen molar-refractivity contribution in [2.24, 2.45) is 5.92 Å². The summed E-state index contributed by atoms with van der Waals surface area (Å²) >= 11 is 1.35. The molecule has 1 fully saturated rings. The van der Waals surface area contributed by atoms with Crippen LogP contribution in [0.5, 0.6) is 5.75 Å². The van der Waals surface area contributed by atoms with E-state index in [1.807, 2.05) is 59.7 Å². The van der Waals surface area contributed by atoms with E-state index in [4.69, 9.17) is 4.74 Å². The maximum absolute atomic E-state index is 13.3. The summed E-state index contributed by atoms with van der Waals surface area (Å²) in [4.78, 5) is 27.5. The first-order chi connectivity index (χ1) is 16.0. The summed E-state index contributed by atoms with van der Waals surface area (Å²) in [6.07, 6.45) is 1.02. The van der Waals surface area contributed by atoms with Gasteiger partial charge in [-0.3, -0.25) is 9.59 Å². The molecule has 0 saturated carbocycles. The van der Waals surface area contributed by atoms with E-state index in [9.17, 15) is 9.59 Å². The Bertz CT molecular complexity index is 1210. The third-order valence-corrected chi connectivity index (χ3v) is 7.28. The number of benzene rings is 1. The van der Waals surface area contributed by atoms with Gasteiger partial charge in [-0.25, -0.2) is 0 Å². The van der Waals surface area contributed by atoms with Crippen molar-refractivity contribution in [1.82, 2.24) is 29.7 Å². The topological polar surface area (TPSA) is 95.1 Å². The largest absolute Gasteiger partial charge is 0.494 e. The Labute approximate surface area is 195 Å². The van der Waals surface area contributed by atoms with Crippen molar-refractivity contribution in [2.75, 3.05) is 19.7 Å². The second-order valence-electron chi connectivity index (χ2n) is 8.50.